The largest absolute Gasteiger partial charge is 0.503 e. The van der Waals surface area contributed by atoms with Crippen LogP contribution in [0.3, 0.4) is 0 Å². The van der Waals surface area contributed by atoms with Crippen molar-refractivity contribution in [3.8, 4) is 5.75 Å². The summed E-state index contributed by atoms with van der Waals surface area (Å²) in [5.74, 6) is -5.08. The quantitative estimate of drug-likeness (QED) is 0.0446. The van der Waals surface area contributed by atoms with E-state index in [-0.39, 0.29) is 37.9 Å². The number of aromatic hydroxyl groups is 1. The number of anilines is 1. The number of β-lactam (4-membered cyclic amide) rings is 1. The summed E-state index contributed by atoms with van der Waals surface area (Å²) in [5, 5.41) is 45.5. The Hall–Kier alpha value is -4.80. The van der Waals surface area contributed by atoms with Crippen molar-refractivity contribution >= 4 is 81.0 Å². The van der Waals surface area contributed by atoms with Gasteiger partial charge >= 0.3 is 11.9 Å². The number of hydrogen-bond donors (Lipinski definition) is 7. The van der Waals surface area contributed by atoms with Gasteiger partial charge in [-0.1, -0.05) is 16.7 Å². The molecule has 3 aromatic heterocycles. The average molecular weight is 698 g/mol. The molecule has 3 aromatic rings. The van der Waals surface area contributed by atoms with Crippen molar-refractivity contribution in [2.24, 2.45) is 5.16 Å². The molecule has 0 radical (unpaired) electrons. The number of oxime groups is 1. The third-order valence-corrected chi connectivity index (χ3v) is 10.5. The predicted molar refractivity (Wildman–Crippen MR) is 160 cm³/mol. The number of aliphatic carboxylic acids is 1. The molecule has 1 fully saturated rings. The normalized spacial score (nSPS) is 17.9. The molecule has 18 nitrogen and oxygen atoms in total. The lowest BCUT2D eigenvalue weighted by atomic mass is 10.0. The first-order chi connectivity index (χ1) is 21.4. The maximum atomic E-state index is 13.3. The summed E-state index contributed by atoms with van der Waals surface area (Å²) in [7, 11) is 0. The van der Waals surface area contributed by atoms with Crippen LogP contribution in [0.2, 0.25) is 0 Å². The molecular weight excluding hydrogens is 679 g/mol. The van der Waals surface area contributed by atoms with Crippen LogP contribution in [-0.4, -0.2) is 91.9 Å². The van der Waals surface area contributed by atoms with Crippen molar-refractivity contribution in [3.05, 3.63) is 66.4 Å². The zero-order chi connectivity index (χ0) is 32.6. The third kappa shape index (κ3) is 6.25. The van der Waals surface area contributed by atoms with Gasteiger partial charge in [0.05, 0.1) is 10.4 Å². The van der Waals surface area contributed by atoms with Crippen molar-refractivity contribution in [2.75, 3.05) is 17.2 Å². The fraction of sp³-hybridized carbons (Fsp3) is 0.217. The second-order valence-electron chi connectivity index (χ2n) is 9.05. The molecule has 0 unspecified atom stereocenters. The summed E-state index contributed by atoms with van der Waals surface area (Å²) in [6.45, 7) is -0.516. The number of pyridine rings is 1. The minimum Gasteiger partial charge on any atom is -0.503 e. The molecule has 2 aliphatic heterocycles. The molecule has 0 spiro atoms. The van der Waals surface area contributed by atoms with Crippen LogP contribution in [0.25, 0.3) is 0 Å². The van der Waals surface area contributed by atoms with E-state index in [9.17, 15) is 49.3 Å². The van der Waals surface area contributed by atoms with E-state index >= 15 is 0 Å². The van der Waals surface area contributed by atoms with Crippen molar-refractivity contribution in [1.29, 1.82) is 0 Å². The summed E-state index contributed by atoms with van der Waals surface area (Å²) >= 11 is 3.90. The van der Waals surface area contributed by atoms with E-state index in [0.29, 0.717) is 10.3 Å². The van der Waals surface area contributed by atoms with E-state index in [2.05, 4.69) is 19.8 Å². The van der Waals surface area contributed by atoms with Crippen LogP contribution in [0.5, 0.6) is 5.75 Å². The van der Waals surface area contributed by atoms with Crippen molar-refractivity contribution in [2.45, 2.75) is 22.2 Å². The van der Waals surface area contributed by atoms with E-state index in [1.54, 1.807) is 0 Å². The Labute approximate surface area is 265 Å². The van der Waals surface area contributed by atoms with E-state index in [0.717, 1.165) is 51.8 Å². The summed E-state index contributed by atoms with van der Waals surface area (Å²) in [6.07, 6.45) is 0.746. The Bertz CT molecular complexity index is 1910. The van der Waals surface area contributed by atoms with Crippen LogP contribution in [0.4, 0.5) is 5.13 Å². The number of carboxylic acid groups (broad SMARTS) is 2. The highest BCUT2D eigenvalue weighted by Gasteiger charge is 2.54. The standard InChI is InChI=1S/C23H19N7O11S4/c24-23-25-9(6-44-23)13(27-41-3-8-1-10(31)11(32)2-29(8)40)17(34)26-14-18(35)30-15(21(38)39)7(4-42-19(14)30)5-43-22-12(20(36)37)16(33)28-45-22/h1-2,6,14,19,32,40H,3-5H2,(H2,24,25)(H,26,34)(H,28,33)(H,36,37)(H,38,39)/b27-13-/t14-,19-/m1/s1. The lowest BCUT2D eigenvalue weighted by molar-refractivity contribution is -0.150. The maximum Gasteiger partial charge on any atom is 0.352 e. The van der Waals surface area contributed by atoms with Crippen molar-refractivity contribution < 1.29 is 44.5 Å². The number of nitrogens with two attached hydrogens (primary N) is 1. The number of aromatic carboxylic acids is 1. The molecule has 45 heavy (non-hydrogen) atoms. The number of fused-ring (bicyclic) bond motifs is 1. The molecule has 2 amide bonds. The van der Waals surface area contributed by atoms with Crippen LogP contribution < -0.4 is 22.0 Å². The van der Waals surface area contributed by atoms with Crippen molar-refractivity contribution in [1.82, 2.24) is 24.3 Å². The summed E-state index contributed by atoms with van der Waals surface area (Å²) in [4.78, 5) is 83.7. The number of nitrogens with zero attached hydrogens (tertiary/aromatic N) is 4. The van der Waals surface area contributed by atoms with Crippen molar-refractivity contribution in [3.63, 3.8) is 0 Å². The fourth-order valence-corrected chi connectivity index (χ4v) is 8.15. The first-order valence-electron chi connectivity index (χ1n) is 12.2. The third-order valence-electron chi connectivity index (χ3n) is 6.23. The van der Waals surface area contributed by atoms with Gasteiger partial charge in [-0.2, -0.15) is 4.73 Å². The monoisotopic (exact) mass is 697 g/mol. The number of nitrogen functional groups attached to an aromatic ring is 1. The van der Waals surface area contributed by atoms with E-state index < -0.39 is 69.8 Å². The SMILES string of the molecule is Nc1nc(/C(=N/OCc2cc(=O)c(O)cn2O)C(=O)N[C@@H]2C(=O)N3C(C(=O)O)=C(CSc4s[nH]c(=O)c4C(=O)O)CS[C@H]23)cs1. The minimum absolute atomic E-state index is 0.0137. The highest BCUT2D eigenvalue weighted by Crippen LogP contribution is 2.42. The Morgan fingerprint density at radius 1 is 1.24 bits per heavy atom. The highest BCUT2D eigenvalue weighted by molar-refractivity contribution is 8.02. The first-order valence-corrected chi connectivity index (χ1v) is 15.9. The molecule has 0 saturated carbocycles. The Kier molecular flexibility index (Phi) is 8.90. The topological polar surface area (TPSA) is 280 Å². The van der Waals surface area contributed by atoms with Gasteiger partial charge in [0, 0.05) is 23.0 Å². The van der Waals surface area contributed by atoms with Gasteiger partial charge in [-0.3, -0.25) is 28.5 Å². The molecule has 0 aromatic carbocycles. The fourth-order valence-electron chi connectivity index (χ4n) is 4.16. The number of thioether (sulfide) groups is 2. The Morgan fingerprint density at radius 2 is 2.00 bits per heavy atom. The summed E-state index contributed by atoms with van der Waals surface area (Å²) in [5.41, 5.74) is 3.12. The molecule has 0 aliphatic carbocycles. The number of nitrogens with one attached hydrogen (secondary N) is 2. The smallest absolute Gasteiger partial charge is 0.352 e. The van der Waals surface area contributed by atoms with Gasteiger partial charge in [0.25, 0.3) is 17.4 Å². The number of carbonyl (C=O) groups is 4. The minimum atomic E-state index is -1.43. The number of thiazole rings is 1. The van der Waals surface area contributed by atoms with Crippen LogP contribution in [0.15, 0.2) is 47.9 Å². The Morgan fingerprint density at radius 3 is 2.67 bits per heavy atom. The zero-order valence-electron chi connectivity index (χ0n) is 22.2. The molecule has 8 N–H and O–H groups in total. The lowest BCUT2D eigenvalue weighted by Gasteiger charge is -2.49. The first kappa shape index (κ1) is 31.6. The highest BCUT2D eigenvalue weighted by atomic mass is 32.2. The van der Waals surface area contributed by atoms with Gasteiger partial charge in [0.15, 0.2) is 28.8 Å². The van der Waals surface area contributed by atoms with Crippen LogP contribution in [-0.2, 0) is 25.8 Å². The number of hydrogen-bond acceptors (Lipinski definition) is 16. The van der Waals surface area contributed by atoms with Gasteiger partial charge in [-0.15, -0.1) is 34.9 Å². The second kappa shape index (κ2) is 12.7. The molecular formula is C23H19N7O11S4. The molecule has 22 heteroatoms. The van der Waals surface area contributed by atoms with Gasteiger partial charge < -0.3 is 36.4 Å². The number of aromatic nitrogens is 3. The van der Waals surface area contributed by atoms with Crippen LogP contribution >= 0.6 is 46.4 Å². The maximum absolute atomic E-state index is 13.3. The van der Waals surface area contributed by atoms with Gasteiger partial charge in [-0.25, -0.2) is 14.6 Å². The van der Waals surface area contributed by atoms with E-state index in [4.69, 9.17) is 10.6 Å². The molecule has 5 heterocycles. The number of aromatic amines is 1. The molecule has 0 bridgehead atoms. The number of carbonyl (C=O) groups excluding carboxylic acids is 2. The predicted octanol–water partition coefficient (Wildman–Crippen LogP) is -0.270. The summed E-state index contributed by atoms with van der Waals surface area (Å²) < 4.78 is 2.91. The summed E-state index contributed by atoms with van der Waals surface area (Å²) in [6, 6.07) is -0.279. The molecule has 236 valence electrons. The van der Waals surface area contributed by atoms with Gasteiger partial charge in [0.1, 0.15) is 28.5 Å². The number of rotatable bonds is 11. The molecule has 2 atom stereocenters. The van der Waals surface area contributed by atoms with Crippen LogP contribution in [0, 0.1) is 0 Å². The Balaban J connectivity index is 1.32. The van der Waals surface area contributed by atoms with Gasteiger partial charge in [0.2, 0.25) is 5.43 Å². The zero-order valence-corrected chi connectivity index (χ0v) is 25.4. The molecule has 5 rings (SSSR count). The van der Waals surface area contributed by atoms with E-state index in [1.807, 2.05) is 0 Å². The number of amides is 2. The lowest BCUT2D eigenvalue weighted by Crippen LogP contribution is -2.71. The number of carboxylic acids is 2. The molecule has 2 aliphatic rings. The van der Waals surface area contributed by atoms with Gasteiger partial charge in [-0.05, 0) is 5.57 Å². The number of H-pyrrole nitrogens is 1. The average Bonchev–Trinajstić information content (AvgIpc) is 3.59. The molecule has 1 saturated heterocycles. The van der Waals surface area contributed by atoms with Crippen LogP contribution in [0.1, 0.15) is 21.7 Å². The van der Waals surface area contributed by atoms with E-state index in [1.165, 1.54) is 17.1 Å². The second-order valence-corrected chi connectivity index (χ2v) is 13.1.